The van der Waals surface area contributed by atoms with Crippen LogP contribution in [0.5, 0.6) is 5.75 Å². The van der Waals surface area contributed by atoms with Crippen LogP contribution in [0.2, 0.25) is 6.82 Å². The molecule has 0 aliphatic heterocycles. The molecule has 13 heavy (non-hydrogen) atoms. The lowest BCUT2D eigenvalue weighted by atomic mass is 9.70. The number of carbonyl (C=O) groups is 1. The molecule has 0 unspecified atom stereocenters. The normalized spacial score (nSPS) is 9.77. The number of rotatable bonds is 2. The van der Waals surface area contributed by atoms with Gasteiger partial charge in [-0.05, 0) is 19.9 Å². The molecule has 0 spiro atoms. The van der Waals surface area contributed by atoms with Gasteiger partial charge in [0.25, 0.3) is 0 Å². The van der Waals surface area contributed by atoms with Gasteiger partial charge in [-0.2, -0.15) is 0 Å². The summed E-state index contributed by atoms with van der Waals surface area (Å²) in [6.07, 6.45) is 0. The second-order valence-corrected chi connectivity index (χ2v) is 3.07. The third-order valence-corrected chi connectivity index (χ3v) is 2.07. The van der Waals surface area contributed by atoms with Crippen molar-refractivity contribution in [3.05, 3.63) is 23.3 Å². The van der Waals surface area contributed by atoms with E-state index in [1.807, 2.05) is 21.0 Å². The molecule has 1 rings (SSSR count). The lowest BCUT2D eigenvalue weighted by molar-refractivity contribution is 0.101. The van der Waals surface area contributed by atoms with Gasteiger partial charge in [-0.15, -0.1) is 0 Å². The lowest BCUT2D eigenvalue weighted by Gasteiger charge is -2.06. The average Bonchev–Trinajstić information content (AvgIpc) is 2.03. The van der Waals surface area contributed by atoms with Gasteiger partial charge >= 0.3 is 0 Å². The Bertz CT molecular complexity index is 345. The summed E-state index contributed by atoms with van der Waals surface area (Å²) >= 11 is 0. The molecular weight excluding hydrogens is 163 g/mol. The molecule has 0 saturated carbocycles. The van der Waals surface area contributed by atoms with Crippen LogP contribution in [0, 0.1) is 6.92 Å². The maximum Gasteiger partial charge on any atom is 0.163 e. The van der Waals surface area contributed by atoms with Crippen LogP contribution in [-0.4, -0.2) is 18.2 Å². The fourth-order valence-corrected chi connectivity index (χ4v) is 1.30. The molecule has 0 amide bonds. The van der Waals surface area contributed by atoms with E-state index in [4.69, 9.17) is 0 Å². The Labute approximate surface area is 78.8 Å². The highest BCUT2D eigenvalue weighted by molar-refractivity contribution is 6.52. The molecule has 0 saturated heterocycles. The number of benzene rings is 1. The monoisotopic (exact) mass is 175 g/mol. The highest BCUT2D eigenvalue weighted by Gasteiger charge is 2.08. The van der Waals surface area contributed by atoms with E-state index in [2.05, 4.69) is 0 Å². The molecule has 3 heteroatoms. The third kappa shape index (κ3) is 1.91. The van der Waals surface area contributed by atoms with Gasteiger partial charge in [0, 0.05) is 0 Å². The minimum absolute atomic E-state index is 0.0654. The Kier molecular flexibility index (Phi) is 2.76. The predicted octanol–water partition coefficient (Wildman–Crippen LogP) is 1.28. The SMILES string of the molecule is C[B]c1cc(C(C)=O)c(O)cc1C. The van der Waals surface area contributed by atoms with Crippen LogP contribution in [0.1, 0.15) is 22.8 Å². The Morgan fingerprint density at radius 3 is 2.54 bits per heavy atom. The van der Waals surface area contributed by atoms with E-state index >= 15 is 0 Å². The van der Waals surface area contributed by atoms with Crippen molar-refractivity contribution in [1.29, 1.82) is 0 Å². The molecule has 0 fully saturated rings. The molecule has 1 radical (unpaired) electrons. The van der Waals surface area contributed by atoms with Crippen LogP contribution in [-0.2, 0) is 0 Å². The summed E-state index contributed by atoms with van der Waals surface area (Å²) in [4.78, 5) is 11.1. The number of hydrogen-bond acceptors (Lipinski definition) is 2. The Morgan fingerprint density at radius 2 is 2.08 bits per heavy atom. The van der Waals surface area contributed by atoms with Crippen molar-refractivity contribution in [3.63, 3.8) is 0 Å². The minimum Gasteiger partial charge on any atom is -0.507 e. The molecule has 2 nitrogen and oxygen atoms in total. The van der Waals surface area contributed by atoms with Crippen molar-refractivity contribution >= 4 is 18.5 Å². The highest BCUT2D eigenvalue weighted by atomic mass is 16.3. The van der Waals surface area contributed by atoms with Crippen LogP contribution in [0.15, 0.2) is 12.1 Å². The maximum atomic E-state index is 11.1. The fraction of sp³-hybridized carbons (Fsp3) is 0.300. The van der Waals surface area contributed by atoms with E-state index < -0.39 is 0 Å². The number of aryl methyl sites for hydroxylation is 1. The molecule has 0 aromatic heterocycles. The second-order valence-electron chi connectivity index (χ2n) is 3.07. The summed E-state index contributed by atoms with van der Waals surface area (Å²) < 4.78 is 0. The number of carbonyl (C=O) groups excluding carboxylic acids is 1. The van der Waals surface area contributed by atoms with Crippen LogP contribution in [0.25, 0.3) is 0 Å². The maximum absolute atomic E-state index is 11.1. The summed E-state index contributed by atoms with van der Waals surface area (Å²) in [5.74, 6) is -0.0452. The Balaban J connectivity index is 3.30. The quantitative estimate of drug-likeness (QED) is 0.542. The highest BCUT2D eigenvalue weighted by Crippen LogP contribution is 2.17. The Morgan fingerprint density at radius 1 is 1.46 bits per heavy atom. The Hall–Kier alpha value is -1.25. The summed E-state index contributed by atoms with van der Waals surface area (Å²) in [5, 5.41) is 9.45. The first-order valence-corrected chi connectivity index (χ1v) is 4.20. The molecule has 0 atom stereocenters. The molecule has 1 aromatic rings. The minimum atomic E-state index is -0.111. The number of aromatic hydroxyl groups is 1. The van der Waals surface area contributed by atoms with Crippen molar-refractivity contribution in [1.82, 2.24) is 0 Å². The molecular formula is C10H12BO2. The van der Waals surface area contributed by atoms with Gasteiger partial charge in [-0.3, -0.25) is 4.79 Å². The van der Waals surface area contributed by atoms with Crippen LogP contribution < -0.4 is 5.46 Å². The van der Waals surface area contributed by atoms with Gasteiger partial charge in [0.15, 0.2) is 5.78 Å². The predicted molar refractivity (Wildman–Crippen MR) is 54.1 cm³/mol. The van der Waals surface area contributed by atoms with E-state index in [-0.39, 0.29) is 11.5 Å². The molecule has 0 aliphatic carbocycles. The number of Topliss-reactive ketones (excluding diaryl/α,β-unsaturated/α-hetero) is 1. The topological polar surface area (TPSA) is 37.3 Å². The largest absolute Gasteiger partial charge is 0.507 e. The van der Waals surface area contributed by atoms with E-state index in [1.165, 1.54) is 6.92 Å². The van der Waals surface area contributed by atoms with Gasteiger partial charge in [0.05, 0.1) is 5.56 Å². The smallest absolute Gasteiger partial charge is 0.163 e. The average molecular weight is 175 g/mol. The first kappa shape index (κ1) is 9.84. The van der Waals surface area contributed by atoms with Gasteiger partial charge in [-0.25, -0.2) is 0 Å². The van der Waals surface area contributed by atoms with E-state index in [0.29, 0.717) is 5.56 Å². The third-order valence-electron chi connectivity index (χ3n) is 2.07. The van der Waals surface area contributed by atoms with Crippen molar-refractivity contribution in [3.8, 4) is 5.75 Å². The lowest BCUT2D eigenvalue weighted by Crippen LogP contribution is -2.16. The van der Waals surface area contributed by atoms with Gasteiger partial charge in [0.2, 0.25) is 0 Å². The van der Waals surface area contributed by atoms with Crippen molar-refractivity contribution < 1.29 is 9.90 Å². The zero-order valence-electron chi connectivity index (χ0n) is 8.09. The van der Waals surface area contributed by atoms with E-state index in [1.54, 1.807) is 12.1 Å². The summed E-state index contributed by atoms with van der Waals surface area (Å²) in [7, 11) is 1.92. The van der Waals surface area contributed by atoms with Gasteiger partial charge in [-0.1, -0.05) is 23.9 Å². The fourth-order valence-electron chi connectivity index (χ4n) is 1.30. The molecule has 0 aliphatic rings. The number of phenolic OH excluding ortho intramolecular Hbond substituents is 1. The summed E-state index contributed by atoms with van der Waals surface area (Å²) in [6.45, 7) is 5.26. The number of phenols is 1. The standard InChI is InChI=1S/C10H12BO2/c1-6-4-10(13)8(7(2)12)5-9(6)11-3/h4-5,13H,1-3H3. The van der Waals surface area contributed by atoms with Gasteiger partial charge in [0.1, 0.15) is 13.0 Å². The first-order chi connectivity index (χ1) is 6.06. The van der Waals surface area contributed by atoms with Crippen molar-refractivity contribution in [2.45, 2.75) is 20.7 Å². The van der Waals surface area contributed by atoms with Crippen LogP contribution in [0.3, 0.4) is 0 Å². The van der Waals surface area contributed by atoms with Crippen LogP contribution >= 0.6 is 0 Å². The molecule has 1 N–H and O–H groups in total. The molecule has 0 heterocycles. The van der Waals surface area contributed by atoms with E-state index in [9.17, 15) is 9.90 Å². The van der Waals surface area contributed by atoms with E-state index in [0.717, 1.165) is 11.0 Å². The summed E-state index contributed by atoms with van der Waals surface area (Å²) in [5.41, 5.74) is 2.35. The van der Waals surface area contributed by atoms with Crippen LogP contribution in [0.4, 0.5) is 0 Å². The zero-order valence-corrected chi connectivity index (χ0v) is 8.09. The number of ketones is 1. The van der Waals surface area contributed by atoms with Crippen molar-refractivity contribution in [2.75, 3.05) is 0 Å². The molecule has 1 aromatic carbocycles. The second kappa shape index (κ2) is 3.65. The molecule has 67 valence electrons. The molecule has 0 bridgehead atoms. The number of hydrogen-bond donors (Lipinski definition) is 1. The summed E-state index contributed by atoms with van der Waals surface area (Å²) in [6, 6.07) is 3.33. The zero-order chi connectivity index (χ0) is 10.0. The van der Waals surface area contributed by atoms with Crippen molar-refractivity contribution in [2.24, 2.45) is 0 Å². The first-order valence-electron chi connectivity index (χ1n) is 4.20. The van der Waals surface area contributed by atoms with Gasteiger partial charge < -0.3 is 5.11 Å².